The number of nitrogens with zero attached hydrogens (tertiary/aromatic N) is 6. The second-order valence-electron chi connectivity index (χ2n) is 7.88. The van der Waals surface area contributed by atoms with Gasteiger partial charge in [-0.15, -0.1) is 10.2 Å². The highest BCUT2D eigenvalue weighted by Crippen LogP contribution is 2.28. The molecule has 1 saturated heterocycles. The van der Waals surface area contributed by atoms with Crippen molar-refractivity contribution in [3.63, 3.8) is 0 Å². The van der Waals surface area contributed by atoms with Gasteiger partial charge in [0.2, 0.25) is 0 Å². The average molecular weight is 356 g/mol. The maximum atomic E-state index is 4.83. The number of fused-ring (bicyclic) bond motifs is 1. The van der Waals surface area contributed by atoms with Gasteiger partial charge in [0.05, 0.1) is 5.69 Å². The summed E-state index contributed by atoms with van der Waals surface area (Å²) < 4.78 is 6.15. The number of piperidine rings is 1. The highest BCUT2D eigenvalue weighted by molar-refractivity contribution is 7.03. The highest BCUT2D eigenvalue weighted by atomic mass is 32.1. The van der Waals surface area contributed by atoms with Crippen LogP contribution in [0.5, 0.6) is 0 Å². The SMILES string of the molecule is CC(C)(C)c1ccc2nnc(C3CCN(Cc4cnsc4)CC3)n2n1. The molecule has 0 aliphatic carbocycles. The van der Waals surface area contributed by atoms with Crippen LogP contribution in [0.15, 0.2) is 23.7 Å². The predicted octanol–water partition coefficient (Wildman–Crippen LogP) is 3.26. The first kappa shape index (κ1) is 16.6. The van der Waals surface area contributed by atoms with Gasteiger partial charge in [0.25, 0.3) is 0 Å². The molecule has 6 nitrogen and oxygen atoms in total. The third-order valence-electron chi connectivity index (χ3n) is 4.90. The lowest BCUT2D eigenvalue weighted by molar-refractivity contribution is 0.201. The fourth-order valence-corrected chi connectivity index (χ4v) is 3.90. The van der Waals surface area contributed by atoms with E-state index < -0.39 is 0 Å². The number of rotatable bonds is 3. The maximum absolute atomic E-state index is 4.83. The molecule has 0 amide bonds. The summed E-state index contributed by atoms with van der Waals surface area (Å²) in [6, 6.07) is 4.09. The van der Waals surface area contributed by atoms with Crippen molar-refractivity contribution in [3.05, 3.63) is 40.8 Å². The van der Waals surface area contributed by atoms with Crippen molar-refractivity contribution in [2.75, 3.05) is 13.1 Å². The standard InChI is InChI=1S/C18H24N6S/c1-18(2,3)15-4-5-16-20-21-17(24(16)22-15)14-6-8-23(9-7-14)11-13-10-19-25-12-13/h4-5,10,12,14H,6-9,11H2,1-3H3. The van der Waals surface area contributed by atoms with Crippen LogP contribution in [0.1, 0.15) is 56.6 Å². The Bertz CT molecular complexity index is 840. The summed E-state index contributed by atoms with van der Waals surface area (Å²) in [5.41, 5.74) is 3.25. The molecule has 0 radical (unpaired) electrons. The van der Waals surface area contributed by atoms with Gasteiger partial charge in [0.1, 0.15) is 0 Å². The van der Waals surface area contributed by atoms with Crippen LogP contribution in [0, 0.1) is 0 Å². The van der Waals surface area contributed by atoms with E-state index in [9.17, 15) is 0 Å². The quantitative estimate of drug-likeness (QED) is 0.721. The van der Waals surface area contributed by atoms with Crippen LogP contribution in [0.4, 0.5) is 0 Å². The molecule has 132 valence electrons. The largest absolute Gasteiger partial charge is 0.299 e. The first-order chi connectivity index (χ1) is 12.0. The Balaban J connectivity index is 1.51. The van der Waals surface area contributed by atoms with Crippen LogP contribution >= 0.6 is 11.5 Å². The van der Waals surface area contributed by atoms with E-state index in [1.807, 2.05) is 16.8 Å². The van der Waals surface area contributed by atoms with E-state index in [2.05, 4.69) is 51.7 Å². The maximum Gasteiger partial charge on any atom is 0.177 e. The molecule has 7 heteroatoms. The summed E-state index contributed by atoms with van der Waals surface area (Å²) in [5.74, 6) is 1.44. The van der Waals surface area contributed by atoms with E-state index in [4.69, 9.17) is 5.10 Å². The van der Waals surface area contributed by atoms with E-state index in [1.165, 1.54) is 17.1 Å². The summed E-state index contributed by atoms with van der Waals surface area (Å²) in [6.45, 7) is 9.70. The zero-order valence-corrected chi connectivity index (χ0v) is 15.8. The van der Waals surface area contributed by atoms with E-state index in [-0.39, 0.29) is 5.41 Å². The van der Waals surface area contributed by atoms with Gasteiger partial charge in [0.15, 0.2) is 11.5 Å². The number of hydrogen-bond acceptors (Lipinski definition) is 6. The van der Waals surface area contributed by atoms with Gasteiger partial charge in [0, 0.05) is 29.5 Å². The minimum absolute atomic E-state index is 0.0215. The molecule has 0 aromatic carbocycles. The van der Waals surface area contributed by atoms with Crippen LogP contribution in [-0.2, 0) is 12.0 Å². The zero-order valence-electron chi connectivity index (χ0n) is 15.0. The van der Waals surface area contributed by atoms with Gasteiger partial charge in [-0.2, -0.15) is 9.61 Å². The van der Waals surface area contributed by atoms with Crippen LogP contribution in [0.3, 0.4) is 0 Å². The Morgan fingerprint density at radius 3 is 2.64 bits per heavy atom. The van der Waals surface area contributed by atoms with E-state index in [1.54, 1.807) is 0 Å². The molecule has 4 heterocycles. The van der Waals surface area contributed by atoms with Crippen LogP contribution in [-0.4, -0.2) is 42.2 Å². The van der Waals surface area contributed by atoms with E-state index in [0.29, 0.717) is 5.92 Å². The highest BCUT2D eigenvalue weighted by Gasteiger charge is 2.26. The molecule has 0 saturated carbocycles. The van der Waals surface area contributed by atoms with Gasteiger partial charge < -0.3 is 0 Å². The molecule has 0 bridgehead atoms. The molecule has 3 aromatic heterocycles. The zero-order chi connectivity index (χ0) is 17.4. The molecule has 1 aliphatic heterocycles. The van der Waals surface area contributed by atoms with Crippen molar-refractivity contribution in [2.45, 2.75) is 51.5 Å². The smallest absolute Gasteiger partial charge is 0.177 e. The van der Waals surface area contributed by atoms with Crippen molar-refractivity contribution in [2.24, 2.45) is 0 Å². The second kappa shape index (κ2) is 6.46. The molecule has 1 aliphatic rings. The lowest BCUT2D eigenvalue weighted by Gasteiger charge is -2.30. The summed E-state index contributed by atoms with van der Waals surface area (Å²) in [5, 5.41) is 15.8. The third-order valence-corrected chi connectivity index (χ3v) is 5.53. The minimum atomic E-state index is 0.0215. The van der Waals surface area contributed by atoms with Gasteiger partial charge in [-0.25, -0.2) is 4.37 Å². The molecular formula is C18H24N6S. The Hall–Kier alpha value is -1.86. The van der Waals surface area contributed by atoms with Gasteiger partial charge >= 0.3 is 0 Å². The minimum Gasteiger partial charge on any atom is -0.299 e. The molecule has 3 aromatic rings. The predicted molar refractivity (Wildman–Crippen MR) is 98.8 cm³/mol. The molecule has 4 rings (SSSR count). The molecule has 25 heavy (non-hydrogen) atoms. The molecule has 0 spiro atoms. The van der Waals surface area contributed by atoms with Crippen molar-refractivity contribution in [1.29, 1.82) is 0 Å². The van der Waals surface area contributed by atoms with Crippen molar-refractivity contribution in [3.8, 4) is 0 Å². The van der Waals surface area contributed by atoms with Crippen LogP contribution < -0.4 is 0 Å². The number of likely N-dealkylation sites (tertiary alicyclic amines) is 1. The van der Waals surface area contributed by atoms with E-state index in [0.717, 1.165) is 49.6 Å². The number of aromatic nitrogens is 5. The third kappa shape index (κ3) is 3.43. The summed E-state index contributed by atoms with van der Waals surface area (Å²) in [6.07, 6.45) is 4.17. The number of hydrogen-bond donors (Lipinski definition) is 0. The normalized spacial score (nSPS) is 17.4. The molecule has 1 fully saturated rings. The topological polar surface area (TPSA) is 59.2 Å². The van der Waals surface area contributed by atoms with Crippen molar-refractivity contribution < 1.29 is 0 Å². The molecular weight excluding hydrogens is 332 g/mol. The lowest BCUT2D eigenvalue weighted by Crippen LogP contribution is -2.33. The summed E-state index contributed by atoms with van der Waals surface area (Å²) >= 11 is 1.52. The molecule has 0 N–H and O–H groups in total. The first-order valence-electron chi connectivity index (χ1n) is 8.84. The average Bonchev–Trinajstić information content (AvgIpc) is 3.23. The second-order valence-corrected chi connectivity index (χ2v) is 8.54. The van der Waals surface area contributed by atoms with Crippen molar-refractivity contribution in [1.82, 2.24) is 29.1 Å². The van der Waals surface area contributed by atoms with Gasteiger partial charge in [-0.05, 0) is 55.2 Å². The van der Waals surface area contributed by atoms with Gasteiger partial charge in [-0.3, -0.25) is 4.90 Å². The molecule has 0 unspecified atom stereocenters. The van der Waals surface area contributed by atoms with Crippen LogP contribution in [0.2, 0.25) is 0 Å². The Kier molecular flexibility index (Phi) is 4.29. The fraction of sp³-hybridized carbons (Fsp3) is 0.556. The lowest BCUT2D eigenvalue weighted by atomic mass is 9.92. The summed E-state index contributed by atoms with van der Waals surface area (Å²) in [4.78, 5) is 2.50. The fourth-order valence-electron chi connectivity index (χ4n) is 3.37. The Morgan fingerprint density at radius 2 is 1.96 bits per heavy atom. The summed E-state index contributed by atoms with van der Waals surface area (Å²) in [7, 11) is 0. The first-order valence-corrected chi connectivity index (χ1v) is 9.68. The molecule has 0 atom stereocenters. The monoisotopic (exact) mass is 356 g/mol. The van der Waals surface area contributed by atoms with Crippen molar-refractivity contribution >= 4 is 17.2 Å². The van der Waals surface area contributed by atoms with Crippen LogP contribution in [0.25, 0.3) is 5.65 Å². The Labute approximate surface area is 152 Å². The van der Waals surface area contributed by atoms with Gasteiger partial charge in [-0.1, -0.05) is 20.8 Å². The Morgan fingerprint density at radius 1 is 1.16 bits per heavy atom. The van der Waals surface area contributed by atoms with E-state index >= 15 is 0 Å².